The van der Waals surface area contributed by atoms with Crippen molar-refractivity contribution in [1.82, 2.24) is 30.4 Å². The van der Waals surface area contributed by atoms with Gasteiger partial charge in [0.15, 0.2) is 0 Å². The van der Waals surface area contributed by atoms with Crippen molar-refractivity contribution in [2.75, 3.05) is 19.6 Å². The molecule has 122 valence electrons. The van der Waals surface area contributed by atoms with Gasteiger partial charge in [-0.1, -0.05) is 25.7 Å². The molecule has 1 amide bonds. The molecule has 7 nitrogen and oxygen atoms in total. The summed E-state index contributed by atoms with van der Waals surface area (Å²) in [4.78, 5) is 14.8. The molecule has 22 heavy (non-hydrogen) atoms. The second kappa shape index (κ2) is 7.17. The minimum Gasteiger partial charge on any atom is -0.353 e. The van der Waals surface area contributed by atoms with E-state index in [0.717, 1.165) is 6.54 Å². The monoisotopic (exact) mass is 306 g/mol. The molecular weight excluding hydrogens is 280 g/mol. The number of hydrogen-bond donors (Lipinski definition) is 1. The predicted octanol–water partition coefficient (Wildman–Crippen LogP) is 0.978. The summed E-state index contributed by atoms with van der Waals surface area (Å²) in [5, 5.41) is 14.0. The predicted molar refractivity (Wildman–Crippen MR) is 82.1 cm³/mol. The fourth-order valence-corrected chi connectivity index (χ4v) is 3.90. The van der Waals surface area contributed by atoms with E-state index in [9.17, 15) is 4.79 Å². The lowest BCUT2D eigenvalue weighted by molar-refractivity contribution is -0.122. The summed E-state index contributed by atoms with van der Waals surface area (Å²) in [7, 11) is 0. The maximum atomic E-state index is 12.1. The first-order valence-electron chi connectivity index (χ1n) is 8.51. The molecule has 2 heterocycles. The Kier molecular flexibility index (Phi) is 5.02. The zero-order valence-electron chi connectivity index (χ0n) is 13.2. The van der Waals surface area contributed by atoms with E-state index in [1.54, 1.807) is 0 Å². The van der Waals surface area contributed by atoms with Gasteiger partial charge >= 0.3 is 0 Å². The van der Waals surface area contributed by atoms with E-state index < -0.39 is 0 Å². The van der Waals surface area contributed by atoms with Crippen LogP contribution in [-0.4, -0.2) is 56.2 Å². The second-order valence-electron chi connectivity index (χ2n) is 6.62. The number of rotatable bonds is 5. The zero-order valence-corrected chi connectivity index (χ0v) is 13.2. The average molecular weight is 306 g/mol. The molecule has 0 unspecified atom stereocenters. The smallest absolute Gasteiger partial charge is 0.241 e. The normalized spacial score (nSPS) is 22.4. The molecule has 0 spiro atoms. The molecular formula is C15H26N6O. The third-order valence-electron chi connectivity index (χ3n) is 5.12. The number of carbonyl (C=O) groups excluding carboxylic acids is 1. The minimum atomic E-state index is -0.00532. The second-order valence-corrected chi connectivity index (χ2v) is 6.62. The minimum absolute atomic E-state index is 0.00532. The van der Waals surface area contributed by atoms with Crippen molar-refractivity contribution in [2.45, 2.75) is 63.5 Å². The number of carbonyl (C=O) groups is 1. The van der Waals surface area contributed by atoms with Crippen LogP contribution in [0.15, 0.2) is 6.33 Å². The van der Waals surface area contributed by atoms with E-state index in [-0.39, 0.29) is 18.0 Å². The summed E-state index contributed by atoms with van der Waals surface area (Å²) in [6.07, 6.45) is 11.7. The van der Waals surface area contributed by atoms with Crippen molar-refractivity contribution >= 4 is 5.91 Å². The average Bonchev–Trinajstić information content (AvgIpc) is 3.08. The zero-order chi connectivity index (χ0) is 15.3. The standard InChI is InChI=1S/C15H26N6O/c22-14(11-21-13-17-18-19-21)16-12-15(7-3-1-4-8-15)20-9-5-2-6-10-20/h13H,1-12H2,(H,16,22). The number of aromatic nitrogens is 4. The summed E-state index contributed by atoms with van der Waals surface area (Å²) in [6, 6.07) is 0. The van der Waals surface area contributed by atoms with Crippen molar-refractivity contribution in [2.24, 2.45) is 0 Å². The first-order chi connectivity index (χ1) is 10.8. The van der Waals surface area contributed by atoms with Crippen LogP contribution in [0.3, 0.4) is 0 Å². The van der Waals surface area contributed by atoms with Gasteiger partial charge in [-0.25, -0.2) is 4.68 Å². The number of likely N-dealkylation sites (tertiary alicyclic amines) is 1. The maximum Gasteiger partial charge on any atom is 0.241 e. The van der Waals surface area contributed by atoms with Crippen molar-refractivity contribution in [3.8, 4) is 0 Å². The van der Waals surface area contributed by atoms with E-state index in [1.165, 1.54) is 75.5 Å². The van der Waals surface area contributed by atoms with E-state index in [1.807, 2.05) is 0 Å². The van der Waals surface area contributed by atoms with Gasteiger partial charge in [0.05, 0.1) is 0 Å². The van der Waals surface area contributed by atoms with Gasteiger partial charge in [0.1, 0.15) is 12.9 Å². The molecule has 1 aliphatic heterocycles. The Balaban J connectivity index is 1.58. The molecule has 3 rings (SSSR count). The lowest BCUT2D eigenvalue weighted by Gasteiger charge is -2.48. The van der Waals surface area contributed by atoms with Gasteiger partial charge in [0.2, 0.25) is 5.91 Å². The highest BCUT2D eigenvalue weighted by atomic mass is 16.2. The fraction of sp³-hybridized carbons (Fsp3) is 0.867. The van der Waals surface area contributed by atoms with Gasteiger partial charge in [0, 0.05) is 12.1 Å². The summed E-state index contributed by atoms with van der Waals surface area (Å²) in [5.41, 5.74) is 0.176. The van der Waals surface area contributed by atoms with Crippen LogP contribution in [0.1, 0.15) is 51.4 Å². The van der Waals surface area contributed by atoms with Crippen LogP contribution in [0, 0.1) is 0 Å². The number of piperidine rings is 1. The molecule has 2 fully saturated rings. The van der Waals surface area contributed by atoms with Crippen molar-refractivity contribution < 1.29 is 4.79 Å². The molecule has 2 aliphatic rings. The van der Waals surface area contributed by atoms with Crippen LogP contribution in [0.5, 0.6) is 0 Å². The highest BCUT2D eigenvalue weighted by Crippen LogP contribution is 2.35. The lowest BCUT2D eigenvalue weighted by Crippen LogP contribution is -2.58. The van der Waals surface area contributed by atoms with Crippen LogP contribution in [0.25, 0.3) is 0 Å². The highest BCUT2D eigenvalue weighted by molar-refractivity contribution is 5.75. The molecule has 1 aromatic heterocycles. The van der Waals surface area contributed by atoms with E-state index in [2.05, 4.69) is 25.7 Å². The molecule has 1 N–H and O–H groups in total. The number of hydrogen-bond acceptors (Lipinski definition) is 5. The van der Waals surface area contributed by atoms with Gasteiger partial charge in [0.25, 0.3) is 0 Å². The number of tetrazole rings is 1. The Labute approximate surface area is 131 Å². The Hall–Kier alpha value is -1.50. The van der Waals surface area contributed by atoms with E-state index in [4.69, 9.17) is 0 Å². The lowest BCUT2D eigenvalue weighted by atomic mass is 9.79. The van der Waals surface area contributed by atoms with Crippen molar-refractivity contribution in [1.29, 1.82) is 0 Å². The fourth-order valence-electron chi connectivity index (χ4n) is 3.90. The molecule has 1 saturated carbocycles. The largest absolute Gasteiger partial charge is 0.353 e. The number of nitrogens with one attached hydrogen (secondary N) is 1. The summed E-state index contributed by atoms with van der Waals surface area (Å²) in [5.74, 6) is -0.00532. The third-order valence-corrected chi connectivity index (χ3v) is 5.12. The topological polar surface area (TPSA) is 75.9 Å². The summed E-state index contributed by atoms with van der Waals surface area (Å²) < 4.78 is 1.46. The van der Waals surface area contributed by atoms with Crippen molar-refractivity contribution in [3.05, 3.63) is 6.33 Å². The Bertz CT molecular complexity index is 462. The molecule has 0 radical (unpaired) electrons. The van der Waals surface area contributed by atoms with Crippen LogP contribution in [0.2, 0.25) is 0 Å². The van der Waals surface area contributed by atoms with Gasteiger partial charge in [-0.2, -0.15) is 0 Å². The van der Waals surface area contributed by atoms with Crippen LogP contribution >= 0.6 is 0 Å². The molecule has 0 bridgehead atoms. The number of amides is 1. The summed E-state index contributed by atoms with van der Waals surface area (Å²) >= 11 is 0. The van der Waals surface area contributed by atoms with Crippen LogP contribution in [0.4, 0.5) is 0 Å². The first kappa shape index (κ1) is 15.4. The van der Waals surface area contributed by atoms with Crippen molar-refractivity contribution in [3.63, 3.8) is 0 Å². The molecule has 0 aromatic carbocycles. The van der Waals surface area contributed by atoms with E-state index in [0.29, 0.717) is 0 Å². The molecule has 7 heteroatoms. The van der Waals surface area contributed by atoms with Gasteiger partial charge in [-0.3, -0.25) is 9.69 Å². The van der Waals surface area contributed by atoms with Crippen LogP contribution < -0.4 is 5.32 Å². The number of nitrogens with zero attached hydrogens (tertiary/aromatic N) is 5. The molecule has 1 aromatic rings. The third kappa shape index (κ3) is 3.63. The Morgan fingerprint density at radius 3 is 2.50 bits per heavy atom. The van der Waals surface area contributed by atoms with Gasteiger partial charge in [-0.05, 0) is 49.2 Å². The summed E-state index contributed by atoms with van der Waals surface area (Å²) in [6.45, 7) is 3.32. The SMILES string of the molecule is O=C(Cn1cnnn1)NCC1(N2CCCCC2)CCCCC1. The van der Waals surface area contributed by atoms with Gasteiger partial charge in [-0.15, -0.1) is 5.10 Å². The highest BCUT2D eigenvalue weighted by Gasteiger charge is 2.38. The Morgan fingerprint density at radius 1 is 1.09 bits per heavy atom. The first-order valence-corrected chi connectivity index (χ1v) is 8.51. The molecule has 1 saturated heterocycles. The quantitative estimate of drug-likeness (QED) is 0.877. The maximum absolute atomic E-state index is 12.1. The molecule has 1 aliphatic carbocycles. The van der Waals surface area contributed by atoms with E-state index >= 15 is 0 Å². The Morgan fingerprint density at radius 2 is 1.82 bits per heavy atom. The van der Waals surface area contributed by atoms with Gasteiger partial charge < -0.3 is 5.32 Å². The van der Waals surface area contributed by atoms with Crippen LogP contribution in [-0.2, 0) is 11.3 Å². The molecule has 0 atom stereocenters.